The lowest BCUT2D eigenvalue weighted by atomic mass is 9.95. The Kier molecular flexibility index (Phi) is 4.71. The van der Waals surface area contributed by atoms with Crippen LogP contribution in [0.2, 0.25) is 0 Å². The zero-order valence-corrected chi connectivity index (χ0v) is 12.9. The van der Waals surface area contributed by atoms with Gasteiger partial charge in [-0.1, -0.05) is 19.3 Å². The van der Waals surface area contributed by atoms with Crippen LogP contribution in [0.25, 0.3) is 0 Å². The van der Waals surface area contributed by atoms with Gasteiger partial charge in [0, 0.05) is 31.5 Å². The fraction of sp³-hybridized carbons (Fsp3) is 0.588. The van der Waals surface area contributed by atoms with Gasteiger partial charge in [0.05, 0.1) is 11.1 Å². The van der Waals surface area contributed by atoms with Crippen LogP contribution >= 0.6 is 0 Å². The first kappa shape index (κ1) is 15.0. The number of nitrogens with zero attached hydrogens (tertiary/aromatic N) is 2. The molecule has 0 spiro atoms. The number of carbonyl (C=O) groups excluding carboxylic acids is 2. The number of nitrogens with one attached hydrogen (secondary N) is 1. The maximum absolute atomic E-state index is 12.4. The van der Waals surface area contributed by atoms with E-state index in [1.807, 2.05) is 4.90 Å². The molecule has 2 amide bonds. The van der Waals surface area contributed by atoms with E-state index in [1.54, 1.807) is 18.5 Å². The van der Waals surface area contributed by atoms with Crippen LogP contribution in [0.15, 0.2) is 18.5 Å². The Bertz CT molecular complexity index is 547. The van der Waals surface area contributed by atoms with Gasteiger partial charge in [-0.3, -0.25) is 14.6 Å². The average molecular weight is 301 g/mol. The number of carbonyl (C=O) groups is 2. The number of hydrogen-bond acceptors (Lipinski definition) is 3. The number of amides is 2. The zero-order chi connectivity index (χ0) is 15.4. The molecular weight excluding hydrogens is 278 g/mol. The van der Waals surface area contributed by atoms with E-state index < -0.39 is 0 Å². The molecule has 0 aromatic carbocycles. The van der Waals surface area contributed by atoms with Gasteiger partial charge < -0.3 is 10.2 Å². The normalized spacial score (nSPS) is 19.2. The van der Waals surface area contributed by atoms with Gasteiger partial charge in [-0.25, -0.2) is 0 Å². The standard InChI is InChI=1S/C17H23N3O2/c21-16(19-15-6-2-1-3-7-15)13-10-14(12-18-11-13)17(22)20-8-4-5-9-20/h10-12,15H,1-9H2,(H,19,21). The highest BCUT2D eigenvalue weighted by molar-refractivity contribution is 5.99. The zero-order valence-electron chi connectivity index (χ0n) is 12.9. The third-order valence-electron chi connectivity index (χ3n) is 4.58. The molecule has 1 aromatic heterocycles. The molecule has 5 heteroatoms. The van der Waals surface area contributed by atoms with Gasteiger partial charge in [-0.05, 0) is 31.7 Å². The summed E-state index contributed by atoms with van der Waals surface area (Å²) in [4.78, 5) is 30.6. The summed E-state index contributed by atoms with van der Waals surface area (Å²) in [6, 6.07) is 1.94. The summed E-state index contributed by atoms with van der Waals surface area (Å²) in [6.07, 6.45) is 10.9. The molecule has 0 unspecified atom stereocenters. The van der Waals surface area contributed by atoms with Crippen molar-refractivity contribution in [3.63, 3.8) is 0 Å². The van der Waals surface area contributed by atoms with E-state index in [4.69, 9.17) is 0 Å². The van der Waals surface area contributed by atoms with Crippen molar-refractivity contribution in [2.75, 3.05) is 13.1 Å². The molecule has 1 saturated heterocycles. The van der Waals surface area contributed by atoms with Crippen molar-refractivity contribution >= 4 is 11.8 Å². The SMILES string of the molecule is O=C(NC1CCCCC1)c1cncc(C(=O)N2CCCC2)c1. The molecule has 1 aliphatic heterocycles. The fourth-order valence-corrected chi connectivity index (χ4v) is 3.30. The van der Waals surface area contributed by atoms with Crippen molar-refractivity contribution in [3.8, 4) is 0 Å². The molecule has 118 valence electrons. The van der Waals surface area contributed by atoms with E-state index >= 15 is 0 Å². The van der Waals surface area contributed by atoms with Gasteiger partial charge >= 0.3 is 0 Å². The van der Waals surface area contributed by atoms with E-state index in [9.17, 15) is 9.59 Å². The Labute approximate surface area is 131 Å². The van der Waals surface area contributed by atoms with Crippen molar-refractivity contribution in [2.24, 2.45) is 0 Å². The van der Waals surface area contributed by atoms with Crippen LogP contribution < -0.4 is 5.32 Å². The minimum atomic E-state index is -0.115. The van der Waals surface area contributed by atoms with Crippen molar-refractivity contribution in [1.82, 2.24) is 15.2 Å². The molecule has 2 heterocycles. The molecule has 3 rings (SSSR count). The number of likely N-dealkylation sites (tertiary alicyclic amines) is 1. The van der Waals surface area contributed by atoms with Gasteiger partial charge in [0.2, 0.25) is 0 Å². The van der Waals surface area contributed by atoms with Gasteiger partial charge in [0.25, 0.3) is 11.8 Å². The third-order valence-corrected chi connectivity index (χ3v) is 4.58. The first-order valence-electron chi connectivity index (χ1n) is 8.29. The van der Waals surface area contributed by atoms with Crippen molar-refractivity contribution in [3.05, 3.63) is 29.6 Å². The molecule has 1 saturated carbocycles. The fourth-order valence-electron chi connectivity index (χ4n) is 3.30. The lowest BCUT2D eigenvalue weighted by molar-refractivity contribution is 0.0792. The Balaban J connectivity index is 1.67. The number of pyridine rings is 1. The third kappa shape index (κ3) is 3.46. The second-order valence-electron chi connectivity index (χ2n) is 6.27. The minimum absolute atomic E-state index is 0.0164. The van der Waals surface area contributed by atoms with E-state index in [0.717, 1.165) is 38.8 Å². The number of hydrogen-bond donors (Lipinski definition) is 1. The molecule has 0 atom stereocenters. The first-order chi connectivity index (χ1) is 10.7. The second kappa shape index (κ2) is 6.90. The summed E-state index contributed by atoms with van der Waals surface area (Å²) < 4.78 is 0. The molecule has 1 N–H and O–H groups in total. The predicted octanol–water partition coefficient (Wildman–Crippen LogP) is 2.38. The van der Waals surface area contributed by atoms with Gasteiger partial charge in [0.1, 0.15) is 0 Å². The van der Waals surface area contributed by atoms with E-state index in [2.05, 4.69) is 10.3 Å². The van der Waals surface area contributed by atoms with Crippen LogP contribution in [0.4, 0.5) is 0 Å². The van der Waals surface area contributed by atoms with Crippen molar-refractivity contribution in [2.45, 2.75) is 51.0 Å². The molecule has 2 aliphatic rings. The maximum atomic E-state index is 12.4. The van der Waals surface area contributed by atoms with Crippen molar-refractivity contribution in [1.29, 1.82) is 0 Å². The molecular formula is C17H23N3O2. The summed E-state index contributed by atoms with van der Waals surface area (Å²) in [5.74, 6) is -0.132. The van der Waals surface area contributed by atoms with Crippen LogP contribution in [-0.4, -0.2) is 40.8 Å². The van der Waals surface area contributed by atoms with Gasteiger partial charge in [0.15, 0.2) is 0 Å². The van der Waals surface area contributed by atoms with Crippen LogP contribution in [0.3, 0.4) is 0 Å². The Morgan fingerprint density at radius 2 is 1.68 bits per heavy atom. The molecule has 1 aromatic rings. The van der Waals surface area contributed by atoms with Gasteiger partial charge in [-0.2, -0.15) is 0 Å². The summed E-state index contributed by atoms with van der Waals surface area (Å²) in [7, 11) is 0. The monoisotopic (exact) mass is 301 g/mol. The molecule has 0 radical (unpaired) electrons. The molecule has 5 nitrogen and oxygen atoms in total. The summed E-state index contributed by atoms with van der Waals surface area (Å²) in [5, 5.41) is 3.07. The van der Waals surface area contributed by atoms with E-state index in [1.165, 1.54) is 19.3 Å². The average Bonchev–Trinajstić information content (AvgIpc) is 3.09. The molecule has 0 bridgehead atoms. The lowest BCUT2D eigenvalue weighted by Gasteiger charge is -2.22. The first-order valence-corrected chi connectivity index (χ1v) is 8.29. The minimum Gasteiger partial charge on any atom is -0.349 e. The van der Waals surface area contributed by atoms with E-state index in [0.29, 0.717) is 11.1 Å². The number of rotatable bonds is 3. The Morgan fingerprint density at radius 1 is 1.00 bits per heavy atom. The summed E-state index contributed by atoms with van der Waals surface area (Å²) in [5.41, 5.74) is 0.994. The Hall–Kier alpha value is -1.91. The van der Waals surface area contributed by atoms with Crippen molar-refractivity contribution < 1.29 is 9.59 Å². The quantitative estimate of drug-likeness (QED) is 0.932. The van der Waals surface area contributed by atoms with Crippen LogP contribution in [-0.2, 0) is 0 Å². The topological polar surface area (TPSA) is 62.3 Å². The smallest absolute Gasteiger partial charge is 0.255 e. The predicted molar refractivity (Wildman–Crippen MR) is 83.7 cm³/mol. The van der Waals surface area contributed by atoms with Crippen LogP contribution in [0.1, 0.15) is 65.7 Å². The summed E-state index contributed by atoms with van der Waals surface area (Å²) >= 11 is 0. The Morgan fingerprint density at radius 3 is 2.41 bits per heavy atom. The van der Waals surface area contributed by atoms with E-state index in [-0.39, 0.29) is 17.9 Å². The highest BCUT2D eigenvalue weighted by Gasteiger charge is 2.21. The summed E-state index contributed by atoms with van der Waals surface area (Å²) in [6.45, 7) is 1.61. The van der Waals surface area contributed by atoms with Crippen LogP contribution in [0, 0.1) is 0 Å². The second-order valence-corrected chi connectivity index (χ2v) is 6.27. The van der Waals surface area contributed by atoms with Crippen LogP contribution in [0.5, 0.6) is 0 Å². The molecule has 2 fully saturated rings. The largest absolute Gasteiger partial charge is 0.349 e. The highest BCUT2D eigenvalue weighted by Crippen LogP contribution is 2.18. The number of aromatic nitrogens is 1. The molecule has 22 heavy (non-hydrogen) atoms. The molecule has 1 aliphatic carbocycles. The lowest BCUT2D eigenvalue weighted by Crippen LogP contribution is -2.36. The highest BCUT2D eigenvalue weighted by atomic mass is 16.2. The maximum Gasteiger partial charge on any atom is 0.255 e. The van der Waals surface area contributed by atoms with Gasteiger partial charge in [-0.15, -0.1) is 0 Å².